The van der Waals surface area contributed by atoms with E-state index >= 15 is 0 Å². The lowest BCUT2D eigenvalue weighted by molar-refractivity contribution is -0.173. The molecule has 2 saturated heterocycles. The summed E-state index contributed by atoms with van der Waals surface area (Å²) in [5.74, 6) is -1.76. The number of Topliss-reactive ketones (excluding diaryl/α,β-unsaturated/α-hetero) is 2. The number of nitrogens with zero attached hydrogens (tertiary/aromatic N) is 1. The third kappa shape index (κ3) is 8.01. The zero-order valence-electron chi connectivity index (χ0n) is 28.3. The second-order valence-corrected chi connectivity index (χ2v) is 16.0. The topological polar surface area (TPSA) is 118 Å². The van der Waals surface area contributed by atoms with Gasteiger partial charge >= 0.3 is 0 Å². The molecule has 4 aromatic rings. The Morgan fingerprint density at radius 1 is 0.863 bits per heavy atom. The van der Waals surface area contributed by atoms with Gasteiger partial charge in [0.25, 0.3) is 0 Å². The minimum absolute atomic E-state index is 0.00343. The summed E-state index contributed by atoms with van der Waals surface area (Å²) in [6.07, 6.45) is 4.04. The van der Waals surface area contributed by atoms with Gasteiger partial charge in [0.1, 0.15) is 23.7 Å². The first-order chi connectivity index (χ1) is 24.6. The Kier molecular flexibility index (Phi) is 10.5. The number of halogens is 1. The van der Waals surface area contributed by atoms with Gasteiger partial charge in [-0.05, 0) is 53.6 Å². The molecule has 4 atom stereocenters. The maximum Gasteiger partial charge on any atom is 0.185 e. The molecule has 1 aromatic heterocycles. The van der Waals surface area contributed by atoms with Crippen LogP contribution < -0.4 is 0 Å². The van der Waals surface area contributed by atoms with E-state index in [4.69, 9.17) is 30.5 Å². The van der Waals surface area contributed by atoms with Crippen molar-refractivity contribution in [3.05, 3.63) is 130 Å². The summed E-state index contributed by atoms with van der Waals surface area (Å²) in [5.41, 5.74) is 3.67. The third-order valence-corrected chi connectivity index (χ3v) is 11.6. The Hall–Kier alpha value is -3.77. The van der Waals surface area contributed by atoms with Crippen LogP contribution in [0.25, 0.3) is 0 Å². The second kappa shape index (κ2) is 15.1. The highest BCUT2D eigenvalue weighted by Gasteiger charge is 2.52. The van der Waals surface area contributed by atoms with Crippen molar-refractivity contribution in [2.24, 2.45) is 5.92 Å². The quantitative estimate of drug-likeness (QED) is 0.134. The van der Waals surface area contributed by atoms with E-state index in [-0.39, 0.29) is 58.1 Å². The molecule has 3 aliphatic rings. The number of hydrogen-bond donors (Lipinski definition) is 0. The molecule has 3 fully saturated rings. The molecule has 9 nitrogen and oxygen atoms in total. The van der Waals surface area contributed by atoms with E-state index in [2.05, 4.69) is 29.2 Å². The number of ketones is 2. The molecule has 3 aromatic carbocycles. The number of hydrogen-bond acceptors (Lipinski definition) is 9. The summed E-state index contributed by atoms with van der Waals surface area (Å²) < 4.78 is 49.3. The third-order valence-electron chi connectivity index (χ3n) is 10.0. The molecule has 2 aliphatic heterocycles. The van der Waals surface area contributed by atoms with E-state index in [9.17, 15) is 18.0 Å². The van der Waals surface area contributed by atoms with Gasteiger partial charge in [-0.25, -0.2) is 8.42 Å². The first-order valence-corrected chi connectivity index (χ1v) is 19.6. The van der Waals surface area contributed by atoms with Crippen molar-refractivity contribution in [1.82, 2.24) is 4.98 Å². The largest absolute Gasteiger partial charge is 0.346 e. The van der Waals surface area contributed by atoms with Gasteiger partial charge in [-0.15, -0.1) is 0 Å². The molecule has 11 heteroatoms. The fourth-order valence-electron chi connectivity index (χ4n) is 7.49. The lowest BCUT2D eigenvalue weighted by atomic mass is 9.83. The molecule has 4 unspecified atom stereocenters. The van der Waals surface area contributed by atoms with E-state index in [1.807, 2.05) is 36.4 Å². The van der Waals surface area contributed by atoms with Gasteiger partial charge in [-0.3, -0.25) is 14.6 Å². The van der Waals surface area contributed by atoms with Crippen molar-refractivity contribution >= 4 is 33.0 Å². The fourth-order valence-corrected chi connectivity index (χ4v) is 8.83. The van der Waals surface area contributed by atoms with Crippen LogP contribution in [0.2, 0.25) is 5.02 Å². The van der Waals surface area contributed by atoms with Crippen LogP contribution in [0.5, 0.6) is 0 Å². The molecule has 1 aliphatic carbocycles. The zero-order chi connectivity index (χ0) is 35.6. The molecular weight excluding hydrogens is 690 g/mol. The Balaban J connectivity index is 1.09. The number of carbonyl (C=O) groups is 2. The summed E-state index contributed by atoms with van der Waals surface area (Å²) in [6.45, 7) is 1.00. The number of aromatic nitrogens is 1. The summed E-state index contributed by atoms with van der Waals surface area (Å²) in [6, 6.07) is 28.2. The van der Waals surface area contributed by atoms with E-state index in [0.29, 0.717) is 38.0 Å². The van der Waals surface area contributed by atoms with Crippen molar-refractivity contribution in [2.45, 2.75) is 73.6 Å². The molecular formula is C40H40ClNO8S. The lowest BCUT2D eigenvalue weighted by Gasteiger charge is -2.25. The highest BCUT2D eigenvalue weighted by Crippen LogP contribution is 2.55. The minimum atomic E-state index is -3.57. The summed E-state index contributed by atoms with van der Waals surface area (Å²) in [5, 5.41) is 0.0603. The monoisotopic (exact) mass is 729 g/mol. The Morgan fingerprint density at radius 3 is 2.08 bits per heavy atom. The van der Waals surface area contributed by atoms with Crippen molar-refractivity contribution in [2.75, 3.05) is 19.5 Å². The van der Waals surface area contributed by atoms with Gasteiger partial charge in [0, 0.05) is 49.6 Å². The standard InChI is InChI=1S/C40H40ClNO8S/c1-51(45,46)36-17-13-29(23-32(36)41)31(34(43)15-16-35(44)33-14-12-30(25-42-33)39-47-20-21-48-39)22-26-18-19-40(24-26)49-37(27-8-4-2-5-9-27)38(50-40)28-10-6-3-7-11-28/h2-14,17,23,25-26,31,37-39H,15-16,18-22,24H2,1H3. The summed E-state index contributed by atoms with van der Waals surface area (Å²) >= 11 is 6.48. The van der Waals surface area contributed by atoms with Gasteiger partial charge in [0.15, 0.2) is 27.7 Å². The van der Waals surface area contributed by atoms with Gasteiger partial charge < -0.3 is 18.9 Å². The van der Waals surface area contributed by atoms with E-state index in [0.717, 1.165) is 29.4 Å². The Morgan fingerprint density at radius 2 is 1.51 bits per heavy atom. The van der Waals surface area contributed by atoms with Crippen molar-refractivity contribution in [1.29, 1.82) is 0 Å². The number of pyridine rings is 1. The predicted molar refractivity (Wildman–Crippen MR) is 190 cm³/mol. The van der Waals surface area contributed by atoms with Crippen LogP contribution in [-0.2, 0) is 33.6 Å². The molecule has 266 valence electrons. The number of carbonyl (C=O) groups excluding carboxylic acids is 2. The minimum Gasteiger partial charge on any atom is -0.346 e. The zero-order valence-corrected chi connectivity index (χ0v) is 29.9. The molecule has 3 heterocycles. The van der Waals surface area contributed by atoms with Crippen molar-refractivity contribution in [3.8, 4) is 0 Å². The molecule has 0 amide bonds. The maximum absolute atomic E-state index is 14.0. The van der Waals surface area contributed by atoms with Gasteiger partial charge in [0.2, 0.25) is 0 Å². The van der Waals surface area contributed by atoms with Crippen LogP contribution in [-0.4, -0.2) is 50.2 Å². The second-order valence-electron chi connectivity index (χ2n) is 13.6. The van der Waals surface area contributed by atoms with Crippen molar-refractivity contribution in [3.63, 3.8) is 0 Å². The molecule has 1 saturated carbocycles. The predicted octanol–water partition coefficient (Wildman–Crippen LogP) is 7.92. The van der Waals surface area contributed by atoms with Crippen LogP contribution in [0.4, 0.5) is 0 Å². The number of rotatable bonds is 12. The molecule has 0 radical (unpaired) electrons. The first-order valence-electron chi connectivity index (χ1n) is 17.3. The SMILES string of the molecule is CS(=O)(=O)c1ccc(C(CC2CCC3(C2)OC(c2ccccc2)C(c2ccccc2)O3)C(=O)CCC(=O)c2ccc(C3OCCO3)cn2)cc1Cl. The van der Waals surface area contributed by atoms with E-state index in [1.54, 1.807) is 30.5 Å². The van der Waals surface area contributed by atoms with Crippen LogP contribution in [0.3, 0.4) is 0 Å². The van der Waals surface area contributed by atoms with Gasteiger partial charge in [0.05, 0.1) is 23.1 Å². The number of sulfone groups is 1. The van der Waals surface area contributed by atoms with Crippen LogP contribution in [0.15, 0.2) is 102 Å². The molecule has 0 bridgehead atoms. The summed E-state index contributed by atoms with van der Waals surface area (Å²) in [7, 11) is -3.57. The molecule has 0 N–H and O–H groups in total. The smallest absolute Gasteiger partial charge is 0.185 e. The Labute approximate surface area is 303 Å². The van der Waals surface area contributed by atoms with Gasteiger partial charge in [-0.1, -0.05) is 84.4 Å². The van der Waals surface area contributed by atoms with E-state index in [1.165, 1.54) is 6.07 Å². The van der Waals surface area contributed by atoms with E-state index < -0.39 is 27.8 Å². The molecule has 7 rings (SSSR count). The van der Waals surface area contributed by atoms with Crippen LogP contribution >= 0.6 is 11.6 Å². The number of benzene rings is 3. The highest BCUT2D eigenvalue weighted by atomic mass is 35.5. The average Bonchev–Trinajstić information content (AvgIpc) is 3.91. The fraction of sp³-hybridized carbons (Fsp3) is 0.375. The average molecular weight is 730 g/mol. The molecule has 1 spiro atoms. The van der Waals surface area contributed by atoms with Crippen LogP contribution in [0.1, 0.15) is 95.7 Å². The van der Waals surface area contributed by atoms with Crippen molar-refractivity contribution < 1.29 is 37.0 Å². The lowest BCUT2D eigenvalue weighted by Crippen LogP contribution is -2.27. The van der Waals surface area contributed by atoms with Gasteiger partial charge in [-0.2, -0.15) is 0 Å². The number of ether oxygens (including phenoxy) is 4. The van der Waals surface area contributed by atoms with Crippen LogP contribution in [0, 0.1) is 5.92 Å². The maximum atomic E-state index is 14.0. The normalized spacial score (nSPS) is 24.2. The summed E-state index contributed by atoms with van der Waals surface area (Å²) in [4.78, 5) is 31.5. The first kappa shape index (κ1) is 35.6. The Bertz CT molecular complexity index is 1920. The molecule has 51 heavy (non-hydrogen) atoms. The highest BCUT2D eigenvalue weighted by molar-refractivity contribution is 7.90.